The Bertz CT molecular complexity index is 536. The lowest BCUT2D eigenvalue weighted by Crippen LogP contribution is -2.51. The summed E-state index contributed by atoms with van der Waals surface area (Å²) < 4.78 is 5.38. The number of rotatable bonds is 0. The van der Waals surface area contributed by atoms with Crippen LogP contribution in [-0.2, 0) is 9.53 Å². The van der Waals surface area contributed by atoms with E-state index in [0.29, 0.717) is 12.8 Å². The first-order valence-electron chi connectivity index (χ1n) is 9.27. The molecule has 2 aliphatic rings. The van der Waals surface area contributed by atoms with E-state index >= 15 is 0 Å². The molecule has 0 aromatic heterocycles. The van der Waals surface area contributed by atoms with Crippen LogP contribution < -0.4 is 0 Å². The third-order valence-electron chi connectivity index (χ3n) is 5.84. The molecule has 5 heteroatoms. The first-order chi connectivity index (χ1) is 11.6. The molecule has 1 aliphatic carbocycles. The highest BCUT2D eigenvalue weighted by Crippen LogP contribution is 2.37. The van der Waals surface area contributed by atoms with Gasteiger partial charge in [-0.1, -0.05) is 25.2 Å². The maximum atomic E-state index is 12.2. The van der Waals surface area contributed by atoms with E-state index in [1.807, 2.05) is 6.92 Å². The van der Waals surface area contributed by atoms with Gasteiger partial charge in [-0.3, -0.25) is 0 Å². The third kappa shape index (κ3) is 4.72. The molecule has 0 amide bonds. The summed E-state index contributed by atoms with van der Waals surface area (Å²) in [7, 11) is 0. The maximum absolute atomic E-state index is 12.2. The number of carbonyl (C=O) groups is 1. The summed E-state index contributed by atoms with van der Waals surface area (Å²) in [4.78, 5) is 12.2. The zero-order valence-electron chi connectivity index (χ0n) is 15.6. The second-order valence-corrected chi connectivity index (χ2v) is 8.06. The Morgan fingerprint density at radius 3 is 2.68 bits per heavy atom. The quantitative estimate of drug-likeness (QED) is 0.354. The highest BCUT2D eigenvalue weighted by Gasteiger charge is 2.45. The number of carbonyl (C=O) groups excluding carboxylic acids is 1. The molecular weight excluding hydrogens is 320 g/mol. The number of allylic oxidation sites excluding steroid dienone is 2. The van der Waals surface area contributed by atoms with Crippen LogP contribution in [0.2, 0.25) is 0 Å². The molecular formula is C20H32O5. The predicted molar refractivity (Wildman–Crippen MR) is 95.8 cm³/mol. The lowest BCUT2D eigenvalue weighted by molar-refractivity contribution is -0.173. The molecule has 0 spiro atoms. The van der Waals surface area contributed by atoms with Gasteiger partial charge in [0, 0.05) is 11.5 Å². The molecule has 0 saturated carbocycles. The number of ether oxygens (including phenoxy) is 1. The van der Waals surface area contributed by atoms with Crippen LogP contribution in [0.1, 0.15) is 59.3 Å². The Morgan fingerprint density at radius 2 is 2.00 bits per heavy atom. The van der Waals surface area contributed by atoms with Gasteiger partial charge in [-0.05, 0) is 58.3 Å². The molecule has 0 radical (unpaired) electrons. The predicted octanol–water partition coefficient (Wildman–Crippen LogP) is 2.49. The maximum Gasteiger partial charge on any atom is 0.334 e. The Labute approximate surface area is 150 Å². The average Bonchev–Trinajstić information content (AvgIpc) is 2.54. The minimum atomic E-state index is -1.19. The van der Waals surface area contributed by atoms with Crippen LogP contribution in [0.15, 0.2) is 23.8 Å². The first kappa shape index (κ1) is 20.1. The van der Waals surface area contributed by atoms with Crippen molar-refractivity contribution in [2.45, 2.75) is 83.2 Å². The van der Waals surface area contributed by atoms with Gasteiger partial charge in [0.05, 0.1) is 17.8 Å². The fourth-order valence-corrected chi connectivity index (χ4v) is 3.83. The van der Waals surface area contributed by atoms with Crippen LogP contribution in [0, 0.1) is 11.8 Å². The summed E-state index contributed by atoms with van der Waals surface area (Å²) >= 11 is 0. The summed E-state index contributed by atoms with van der Waals surface area (Å²) in [6.07, 6.45) is 3.49. The van der Waals surface area contributed by atoms with Gasteiger partial charge < -0.3 is 20.1 Å². The Hall–Kier alpha value is -1.17. The number of fused-ring (bicyclic) bond motifs is 2. The van der Waals surface area contributed by atoms with Crippen molar-refractivity contribution in [1.82, 2.24) is 0 Å². The van der Waals surface area contributed by atoms with Crippen molar-refractivity contribution in [3.63, 3.8) is 0 Å². The van der Waals surface area contributed by atoms with E-state index in [2.05, 4.69) is 19.6 Å². The summed E-state index contributed by atoms with van der Waals surface area (Å²) in [5.74, 6) is -1.29. The minimum absolute atomic E-state index is 0.0875. The third-order valence-corrected chi connectivity index (χ3v) is 5.84. The van der Waals surface area contributed by atoms with E-state index in [-0.39, 0.29) is 17.9 Å². The number of aliphatic hydroxyl groups is 3. The van der Waals surface area contributed by atoms with Gasteiger partial charge in [0.1, 0.15) is 6.10 Å². The monoisotopic (exact) mass is 352 g/mol. The summed E-state index contributed by atoms with van der Waals surface area (Å²) in [5, 5.41) is 32.0. The molecule has 6 atom stereocenters. The fourth-order valence-electron chi connectivity index (χ4n) is 3.83. The van der Waals surface area contributed by atoms with Crippen LogP contribution in [-0.4, -0.2) is 45.2 Å². The minimum Gasteiger partial charge on any atom is -0.456 e. The fraction of sp³-hybridized carbons (Fsp3) is 0.750. The molecule has 5 nitrogen and oxygen atoms in total. The van der Waals surface area contributed by atoms with Crippen LogP contribution in [0.25, 0.3) is 0 Å². The Balaban J connectivity index is 2.30. The van der Waals surface area contributed by atoms with Gasteiger partial charge in [-0.25, -0.2) is 4.79 Å². The lowest BCUT2D eigenvalue weighted by Gasteiger charge is -2.41. The van der Waals surface area contributed by atoms with Gasteiger partial charge >= 0.3 is 5.97 Å². The van der Waals surface area contributed by atoms with Gasteiger partial charge in [-0.2, -0.15) is 0 Å². The standard InChI is InChI=1S/C20H32O5/c1-12-7-5-9-13(2)17(21)18(22)15-11-16(25-19(23)14(15)3)20(4,24)10-6-8-12/h8,13,15-18,21-22,24H,3,5-7,9-11H2,1-2,4H3/t13-,15-,16-,17+,18+,20+/m0/s1. The number of aliphatic hydroxyl groups excluding tert-OH is 2. The van der Waals surface area contributed by atoms with E-state index < -0.39 is 35.8 Å². The van der Waals surface area contributed by atoms with Crippen LogP contribution in [0.3, 0.4) is 0 Å². The lowest BCUT2D eigenvalue weighted by atomic mass is 9.76. The van der Waals surface area contributed by atoms with Crippen molar-refractivity contribution in [3.05, 3.63) is 23.8 Å². The number of esters is 1. The molecule has 1 saturated heterocycles. The zero-order chi connectivity index (χ0) is 18.8. The smallest absolute Gasteiger partial charge is 0.334 e. The molecule has 0 aromatic rings. The topological polar surface area (TPSA) is 87.0 Å². The van der Waals surface area contributed by atoms with Gasteiger partial charge in [0.15, 0.2) is 0 Å². The normalized spacial score (nSPS) is 41.5. The van der Waals surface area contributed by atoms with E-state index in [9.17, 15) is 20.1 Å². The van der Waals surface area contributed by atoms with Gasteiger partial charge in [0.2, 0.25) is 0 Å². The van der Waals surface area contributed by atoms with Crippen LogP contribution in [0.4, 0.5) is 0 Å². The molecule has 1 heterocycles. The van der Waals surface area contributed by atoms with E-state index in [0.717, 1.165) is 19.3 Å². The molecule has 0 aromatic carbocycles. The summed E-state index contributed by atoms with van der Waals surface area (Å²) in [6, 6.07) is 0. The second-order valence-electron chi connectivity index (χ2n) is 8.06. The second kappa shape index (κ2) is 8.02. The van der Waals surface area contributed by atoms with Crippen molar-refractivity contribution in [2.24, 2.45) is 11.8 Å². The molecule has 1 aliphatic heterocycles. The van der Waals surface area contributed by atoms with Crippen molar-refractivity contribution >= 4 is 5.97 Å². The summed E-state index contributed by atoms with van der Waals surface area (Å²) in [6.45, 7) is 9.39. The van der Waals surface area contributed by atoms with Crippen LogP contribution in [0.5, 0.6) is 0 Å². The molecule has 142 valence electrons. The van der Waals surface area contributed by atoms with Crippen molar-refractivity contribution in [1.29, 1.82) is 0 Å². The Morgan fingerprint density at radius 1 is 1.32 bits per heavy atom. The molecule has 2 rings (SSSR count). The molecule has 0 unspecified atom stereocenters. The van der Waals surface area contributed by atoms with Gasteiger partial charge in [-0.15, -0.1) is 0 Å². The molecule has 3 N–H and O–H groups in total. The van der Waals surface area contributed by atoms with E-state index in [1.165, 1.54) is 5.57 Å². The Kier molecular flexibility index (Phi) is 6.46. The summed E-state index contributed by atoms with van der Waals surface area (Å²) in [5.41, 5.74) is 0.238. The molecule has 2 bridgehead atoms. The van der Waals surface area contributed by atoms with E-state index in [4.69, 9.17) is 4.74 Å². The first-order valence-corrected chi connectivity index (χ1v) is 9.27. The highest BCUT2D eigenvalue weighted by atomic mass is 16.6. The number of hydrogen-bond donors (Lipinski definition) is 3. The molecule has 1 fully saturated rings. The number of hydrogen-bond acceptors (Lipinski definition) is 5. The van der Waals surface area contributed by atoms with Crippen molar-refractivity contribution in [2.75, 3.05) is 0 Å². The zero-order valence-corrected chi connectivity index (χ0v) is 15.6. The SMILES string of the molecule is C=C1C(=O)O[C@H]2C[C@@H]1[C@@H](O)[C@H](O)[C@@H](C)CCCC(C)=CCC[C@@]2(C)O. The van der Waals surface area contributed by atoms with Crippen molar-refractivity contribution in [3.8, 4) is 0 Å². The average molecular weight is 352 g/mol. The van der Waals surface area contributed by atoms with E-state index in [1.54, 1.807) is 6.92 Å². The largest absolute Gasteiger partial charge is 0.456 e. The highest BCUT2D eigenvalue weighted by molar-refractivity contribution is 5.89. The van der Waals surface area contributed by atoms with Gasteiger partial charge in [0.25, 0.3) is 0 Å². The molecule has 25 heavy (non-hydrogen) atoms. The van der Waals surface area contributed by atoms with Crippen molar-refractivity contribution < 1.29 is 24.9 Å². The van der Waals surface area contributed by atoms with Crippen LogP contribution >= 0.6 is 0 Å².